The van der Waals surface area contributed by atoms with Gasteiger partial charge in [-0.3, -0.25) is 9.78 Å². The molecule has 2 aromatic rings. The number of nitrogens with zero attached hydrogens (tertiary/aromatic N) is 3. The second kappa shape index (κ2) is 5.56. The lowest BCUT2D eigenvalue weighted by Gasteiger charge is -2.20. The summed E-state index contributed by atoms with van der Waals surface area (Å²) >= 11 is 1.45. The van der Waals surface area contributed by atoms with E-state index < -0.39 is 0 Å². The highest BCUT2D eigenvalue weighted by Gasteiger charge is 2.21. The van der Waals surface area contributed by atoms with Gasteiger partial charge in [0.05, 0.1) is 16.3 Å². The topological polar surface area (TPSA) is 46.1 Å². The fourth-order valence-electron chi connectivity index (χ4n) is 2.74. The van der Waals surface area contributed by atoms with Crippen LogP contribution >= 0.6 is 11.3 Å². The number of Topliss-reactive ketones (excluding diaryl/α,β-unsaturated/α-hetero) is 1. The number of hydrogen-bond acceptors (Lipinski definition) is 5. The van der Waals surface area contributed by atoms with Gasteiger partial charge >= 0.3 is 0 Å². The van der Waals surface area contributed by atoms with Crippen molar-refractivity contribution in [2.45, 2.75) is 33.6 Å². The smallest absolute Gasteiger partial charge is 0.171 e. The number of carbonyl (C=O) groups excluding carboxylic acids is 1. The first kappa shape index (κ1) is 14.2. The maximum Gasteiger partial charge on any atom is 0.171 e. The SMILES string of the molecule is CC(=O)c1sc(-c2ncc(C)cc2N2CCCC2)nc1C. The third-order valence-electron chi connectivity index (χ3n) is 3.77. The summed E-state index contributed by atoms with van der Waals surface area (Å²) in [5, 5.41) is 0.847. The molecule has 0 spiro atoms. The molecule has 3 heterocycles. The molecule has 1 aliphatic heterocycles. The minimum absolute atomic E-state index is 0.0751. The van der Waals surface area contributed by atoms with Crippen LogP contribution in [-0.2, 0) is 0 Å². The van der Waals surface area contributed by atoms with Crippen LogP contribution in [0.5, 0.6) is 0 Å². The molecule has 21 heavy (non-hydrogen) atoms. The molecular formula is C16H19N3OS. The molecule has 1 fully saturated rings. The molecule has 0 bridgehead atoms. The Balaban J connectivity index is 2.09. The van der Waals surface area contributed by atoms with Crippen molar-refractivity contribution in [3.8, 4) is 10.7 Å². The average Bonchev–Trinajstić information content (AvgIpc) is 3.07. The standard InChI is InChI=1S/C16H19N3OS/c1-10-8-13(19-6-4-5-7-19)14(17-9-10)16-18-11(2)15(21-16)12(3)20/h8-9H,4-7H2,1-3H3. The quantitative estimate of drug-likeness (QED) is 0.812. The molecule has 1 aliphatic rings. The van der Waals surface area contributed by atoms with Gasteiger partial charge in [-0.15, -0.1) is 11.3 Å². The predicted octanol–water partition coefficient (Wildman–Crippen LogP) is 3.62. The Morgan fingerprint density at radius 3 is 2.62 bits per heavy atom. The van der Waals surface area contributed by atoms with E-state index in [2.05, 4.69) is 27.9 Å². The highest BCUT2D eigenvalue weighted by atomic mass is 32.1. The van der Waals surface area contributed by atoms with E-state index in [-0.39, 0.29) is 5.78 Å². The van der Waals surface area contributed by atoms with Gasteiger partial charge in [0.25, 0.3) is 0 Å². The molecule has 1 saturated heterocycles. The van der Waals surface area contributed by atoms with Crippen LogP contribution in [0.15, 0.2) is 12.3 Å². The number of carbonyl (C=O) groups is 1. The van der Waals surface area contributed by atoms with Gasteiger partial charge in [0.1, 0.15) is 10.7 Å². The lowest BCUT2D eigenvalue weighted by Crippen LogP contribution is -2.19. The first-order chi connectivity index (χ1) is 10.1. The molecular weight excluding hydrogens is 282 g/mol. The van der Waals surface area contributed by atoms with E-state index in [1.807, 2.05) is 13.1 Å². The Morgan fingerprint density at radius 1 is 1.29 bits per heavy atom. The Labute approximate surface area is 128 Å². The molecule has 0 aliphatic carbocycles. The van der Waals surface area contributed by atoms with Crippen molar-refractivity contribution in [3.05, 3.63) is 28.4 Å². The largest absolute Gasteiger partial charge is 0.370 e. The third kappa shape index (κ3) is 2.70. The van der Waals surface area contributed by atoms with Gasteiger partial charge in [0, 0.05) is 26.2 Å². The van der Waals surface area contributed by atoms with Crippen molar-refractivity contribution in [1.82, 2.24) is 9.97 Å². The van der Waals surface area contributed by atoms with Gasteiger partial charge in [0.2, 0.25) is 0 Å². The monoisotopic (exact) mass is 301 g/mol. The summed E-state index contributed by atoms with van der Waals surface area (Å²) in [6, 6.07) is 2.18. The molecule has 4 nitrogen and oxygen atoms in total. The van der Waals surface area contributed by atoms with Gasteiger partial charge in [-0.05, 0) is 38.3 Å². The zero-order valence-electron chi connectivity index (χ0n) is 12.6. The van der Waals surface area contributed by atoms with Crippen molar-refractivity contribution in [3.63, 3.8) is 0 Å². The van der Waals surface area contributed by atoms with Crippen molar-refractivity contribution in [1.29, 1.82) is 0 Å². The minimum atomic E-state index is 0.0751. The summed E-state index contributed by atoms with van der Waals surface area (Å²) in [7, 11) is 0. The number of rotatable bonds is 3. The number of thiazole rings is 1. The summed E-state index contributed by atoms with van der Waals surface area (Å²) in [6.07, 6.45) is 4.32. The maximum atomic E-state index is 11.6. The zero-order valence-corrected chi connectivity index (χ0v) is 13.5. The second-order valence-electron chi connectivity index (χ2n) is 5.56. The van der Waals surface area contributed by atoms with Crippen LogP contribution in [0.2, 0.25) is 0 Å². The van der Waals surface area contributed by atoms with E-state index >= 15 is 0 Å². The Morgan fingerprint density at radius 2 is 2.00 bits per heavy atom. The second-order valence-corrected chi connectivity index (χ2v) is 6.56. The van der Waals surface area contributed by atoms with E-state index in [4.69, 9.17) is 0 Å². The fraction of sp³-hybridized carbons (Fsp3) is 0.438. The maximum absolute atomic E-state index is 11.6. The van der Waals surface area contributed by atoms with E-state index in [0.717, 1.165) is 45.6 Å². The minimum Gasteiger partial charge on any atom is -0.370 e. The third-order valence-corrected chi connectivity index (χ3v) is 5.03. The van der Waals surface area contributed by atoms with Crippen molar-refractivity contribution in [2.75, 3.05) is 18.0 Å². The van der Waals surface area contributed by atoms with E-state index in [0.29, 0.717) is 0 Å². The number of hydrogen-bond donors (Lipinski definition) is 0. The summed E-state index contributed by atoms with van der Waals surface area (Å²) < 4.78 is 0. The highest BCUT2D eigenvalue weighted by Crippen LogP contribution is 2.35. The molecule has 0 atom stereocenters. The molecule has 110 valence electrons. The van der Waals surface area contributed by atoms with Crippen LogP contribution in [0.25, 0.3) is 10.7 Å². The van der Waals surface area contributed by atoms with Crippen molar-refractivity contribution < 1.29 is 4.79 Å². The predicted molar refractivity (Wildman–Crippen MR) is 86.3 cm³/mol. The highest BCUT2D eigenvalue weighted by molar-refractivity contribution is 7.17. The first-order valence-electron chi connectivity index (χ1n) is 7.26. The van der Waals surface area contributed by atoms with E-state index in [9.17, 15) is 4.79 Å². The van der Waals surface area contributed by atoms with E-state index in [1.165, 1.54) is 24.2 Å². The van der Waals surface area contributed by atoms with Crippen LogP contribution in [0.3, 0.4) is 0 Å². The molecule has 5 heteroatoms. The van der Waals surface area contributed by atoms with E-state index in [1.54, 1.807) is 6.92 Å². The lowest BCUT2D eigenvalue weighted by molar-refractivity contribution is 0.102. The van der Waals surface area contributed by atoms with Gasteiger partial charge in [-0.2, -0.15) is 0 Å². The zero-order chi connectivity index (χ0) is 15.0. The molecule has 0 radical (unpaired) electrons. The average molecular weight is 301 g/mol. The molecule has 3 rings (SSSR count). The molecule has 0 unspecified atom stereocenters. The lowest BCUT2D eigenvalue weighted by atomic mass is 10.2. The van der Waals surface area contributed by atoms with Crippen LogP contribution in [0, 0.1) is 13.8 Å². The first-order valence-corrected chi connectivity index (χ1v) is 8.08. The Kier molecular flexibility index (Phi) is 3.76. The van der Waals surface area contributed by atoms with Crippen LogP contribution < -0.4 is 4.90 Å². The molecule has 0 amide bonds. The normalized spacial score (nSPS) is 14.7. The molecule has 2 aromatic heterocycles. The number of ketones is 1. The number of anilines is 1. The van der Waals surface area contributed by atoms with Gasteiger partial charge in [-0.25, -0.2) is 4.98 Å². The molecule has 0 aromatic carbocycles. The van der Waals surface area contributed by atoms with Gasteiger partial charge < -0.3 is 4.90 Å². The Bertz CT molecular complexity index is 687. The fourth-order valence-corrected chi connectivity index (χ4v) is 3.71. The van der Waals surface area contributed by atoms with Crippen LogP contribution in [0.1, 0.15) is 40.7 Å². The molecule has 0 N–H and O–H groups in total. The van der Waals surface area contributed by atoms with Crippen LogP contribution in [-0.4, -0.2) is 28.8 Å². The van der Waals surface area contributed by atoms with Gasteiger partial charge in [0.15, 0.2) is 5.78 Å². The number of aromatic nitrogens is 2. The summed E-state index contributed by atoms with van der Waals surface area (Å²) in [4.78, 5) is 23.9. The van der Waals surface area contributed by atoms with Gasteiger partial charge in [-0.1, -0.05) is 0 Å². The molecule has 0 saturated carbocycles. The number of pyridine rings is 1. The summed E-state index contributed by atoms with van der Waals surface area (Å²) in [5.74, 6) is 0.0751. The summed E-state index contributed by atoms with van der Waals surface area (Å²) in [6.45, 7) is 7.68. The Hall–Kier alpha value is -1.75. The summed E-state index contributed by atoms with van der Waals surface area (Å²) in [5.41, 5.74) is 4.01. The van der Waals surface area contributed by atoms with Crippen molar-refractivity contribution >= 4 is 22.8 Å². The van der Waals surface area contributed by atoms with Crippen molar-refractivity contribution in [2.24, 2.45) is 0 Å². The van der Waals surface area contributed by atoms with Crippen LogP contribution in [0.4, 0.5) is 5.69 Å². The number of aryl methyl sites for hydroxylation is 2.